The van der Waals surface area contributed by atoms with E-state index in [9.17, 15) is 4.21 Å². The predicted octanol–water partition coefficient (Wildman–Crippen LogP) is 0.344. The summed E-state index contributed by atoms with van der Waals surface area (Å²) in [5, 5.41) is 6.81. The molecule has 0 saturated carbocycles. The van der Waals surface area contributed by atoms with Gasteiger partial charge < -0.3 is 10.6 Å². The number of nitrogens with one attached hydrogen (secondary N) is 2. The van der Waals surface area contributed by atoms with Crippen LogP contribution in [0.3, 0.4) is 0 Å². The largest absolute Gasteiger partial charge is 0.317 e. The van der Waals surface area contributed by atoms with Crippen molar-refractivity contribution < 1.29 is 4.21 Å². The molecule has 0 aromatic rings. The summed E-state index contributed by atoms with van der Waals surface area (Å²) in [6.07, 6.45) is 5.40. The van der Waals surface area contributed by atoms with Crippen LogP contribution in [0.2, 0.25) is 0 Å². The van der Waals surface area contributed by atoms with Crippen LogP contribution < -0.4 is 10.6 Å². The molecule has 0 amide bonds. The van der Waals surface area contributed by atoms with E-state index >= 15 is 0 Å². The molecule has 1 fully saturated rings. The van der Waals surface area contributed by atoms with E-state index in [1.165, 1.54) is 25.9 Å². The van der Waals surface area contributed by atoms with E-state index < -0.39 is 10.8 Å². The van der Waals surface area contributed by atoms with Gasteiger partial charge in [-0.1, -0.05) is 0 Å². The van der Waals surface area contributed by atoms with Gasteiger partial charge in [-0.25, -0.2) is 0 Å². The molecule has 0 radical (unpaired) electrons. The van der Waals surface area contributed by atoms with Crippen molar-refractivity contribution in [2.45, 2.75) is 19.3 Å². The molecule has 84 valence electrons. The van der Waals surface area contributed by atoms with E-state index in [1.807, 2.05) is 0 Å². The molecule has 1 unspecified atom stereocenters. The summed E-state index contributed by atoms with van der Waals surface area (Å²) in [5.41, 5.74) is 0. The molecule has 14 heavy (non-hydrogen) atoms. The Bertz CT molecular complexity index is 170. The van der Waals surface area contributed by atoms with Crippen molar-refractivity contribution in [2.75, 3.05) is 38.2 Å². The Labute approximate surface area is 89.5 Å². The molecule has 1 aliphatic rings. The van der Waals surface area contributed by atoms with Gasteiger partial charge in [-0.2, -0.15) is 0 Å². The van der Waals surface area contributed by atoms with Crippen molar-refractivity contribution in [1.29, 1.82) is 0 Å². The van der Waals surface area contributed by atoms with Gasteiger partial charge in [0.15, 0.2) is 0 Å². The van der Waals surface area contributed by atoms with Crippen molar-refractivity contribution in [3.8, 4) is 0 Å². The minimum atomic E-state index is -0.624. The Balaban J connectivity index is 1.90. The smallest absolute Gasteiger partial charge is 0.0244 e. The van der Waals surface area contributed by atoms with Crippen molar-refractivity contribution in [1.82, 2.24) is 10.6 Å². The molecule has 3 nitrogen and oxygen atoms in total. The van der Waals surface area contributed by atoms with E-state index in [0.717, 1.165) is 31.2 Å². The fourth-order valence-electron chi connectivity index (χ4n) is 1.79. The van der Waals surface area contributed by atoms with Gasteiger partial charge >= 0.3 is 0 Å². The molecule has 0 bridgehead atoms. The fourth-order valence-corrected chi connectivity index (χ4v) is 2.34. The highest BCUT2D eigenvalue weighted by Crippen LogP contribution is 2.09. The summed E-state index contributed by atoms with van der Waals surface area (Å²) < 4.78 is 10.8. The van der Waals surface area contributed by atoms with Crippen molar-refractivity contribution in [2.24, 2.45) is 5.92 Å². The number of rotatable bonds is 6. The Morgan fingerprint density at radius 1 is 1.43 bits per heavy atom. The number of piperidine rings is 1. The fraction of sp³-hybridized carbons (Fsp3) is 1.00. The quantitative estimate of drug-likeness (QED) is 0.632. The van der Waals surface area contributed by atoms with Crippen molar-refractivity contribution in [3.63, 3.8) is 0 Å². The zero-order chi connectivity index (χ0) is 10.2. The second-order valence-electron chi connectivity index (χ2n) is 4.03. The highest BCUT2D eigenvalue weighted by atomic mass is 32.2. The van der Waals surface area contributed by atoms with E-state index in [-0.39, 0.29) is 0 Å². The van der Waals surface area contributed by atoms with Crippen LogP contribution in [0.1, 0.15) is 19.3 Å². The monoisotopic (exact) mass is 218 g/mol. The average molecular weight is 218 g/mol. The van der Waals surface area contributed by atoms with Crippen LogP contribution in [0.25, 0.3) is 0 Å². The highest BCUT2D eigenvalue weighted by Gasteiger charge is 2.11. The van der Waals surface area contributed by atoms with Crippen LogP contribution in [0.4, 0.5) is 0 Å². The lowest BCUT2D eigenvalue weighted by atomic mass is 9.98. The predicted molar refractivity (Wildman–Crippen MR) is 62.0 cm³/mol. The van der Waals surface area contributed by atoms with E-state index in [1.54, 1.807) is 6.26 Å². The Hall–Kier alpha value is 0.0700. The Morgan fingerprint density at radius 3 is 2.79 bits per heavy atom. The SMILES string of the molecule is CS(=O)CCCNCC1CCNCC1. The molecule has 0 aromatic carbocycles. The summed E-state index contributed by atoms with van der Waals surface area (Å²) in [7, 11) is -0.624. The molecule has 0 spiro atoms. The summed E-state index contributed by atoms with van der Waals surface area (Å²) in [6, 6.07) is 0. The van der Waals surface area contributed by atoms with Gasteiger partial charge in [-0.05, 0) is 51.4 Å². The summed E-state index contributed by atoms with van der Waals surface area (Å²) in [6.45, 7) is 4.50. The minimum absolute atomic E-state index is 0.624. The Morgan fingerprint density at radius 2 is 2.14 bits per heavy atom. The molecule has 1 aliphatic heterocycles. The second kappa shape index (κ2) is 7.37. The van der Waals surface area contributed by atoms with Crippen LogP contribution in [0.5, 0.6) is 0 Å². The molecule has 2 N–H and O–H groups in total. The third kappa shape index (κ3) is 5.73. The van der Waals surface area contributed by atoms with Gasteiger partial charge in [0.1, 0.15) is 0 Å². The lowest BCUT2D eigenvalue weighted by Crippen LogP contribution is -2.34. The van der Waals surface area contributed by atoms with Crippen molar-refractivity contribution in [3.05, 3.63) is 0 Å². The van der Waals surface area contributed by atoms with E-state index in [0.29, 0.717) is 0 Å². The van der Waals surface area contributed by atoms with Crippen LogP contribution in [0, 0.1) is 5.92 Å². The lowest BCUT2D eigenvalue weighted by Gasteiger charge is -2.22. The Kier molecular flexibility index (Phi) is 6.39. The first-order chi connectivity index (χ1) is 6.79. The summed E-state index contributed by atoms with van der Waals surface area (Å²) in [5.74, 6) is 1.68. The molecular formula is C10H22N2OS. The molecule has 1 heterocycles. The standard InChI is InChI=1S/C10H22N2OS/c1-14(13)8-2-5-12-9-10-3-6-11-7-4-10/h10-12H,2-9H2,1H3. The second-order valence-corrected chi connectivity index (χ2v) is 5.58. The summed E-state index contributed by atoms with van der Waals surface area (Å²) in [4.78, 5) is 0. The van der Waals surface area contributed by atoms with E-state index in [2.05, 4.69) is 10.6 Å². The first-order valence-corrected chi connectivity index (χ1v) is 7.23. The molecule has 1 saturated heterocycles. The summed E-state index contributed by atoms with van der Waals surface area (Å²) >= 11 is 0. The van der Waals surface area contributed by atoms with Crippen LogP contribution >= 0.6 is 0 Å². The van der Waals surface area contributed by atoms with Crippen LogP contribution in [0.15, 0.2) is 0 Å². The topological polar surface area (TPSA) is 41.1 Å². The molecule has 1 rings (SSSR count). The maximum absolute atomic E-state index is 10.8. The molecular weight excluding hydrogens is 196 g/mol. The van der Waals surface area contributed by atoms with Gasteiger partial charge in [-0.15, -0.1) is 0 Å². The minimum Gasteiger partial charge on any atom is -0.317 e. The molecule has 0 aromatic heterocycles. The van der Waals surface area contributed by atoms with Crippen LogP contribution in [-0.4, -0.2) is 42.4 Å². The molecule has 4 heteroatoms. The van der Waals surface area contributed by atoms with Gasteiger partial charge in [0.05, 0.1) is 0 Å². The maximum atomic E-state index is 10.8. The van der Waals surface area contributed by atoms with Crippen molar-refractivity contribution >= 4 is 10.8 Å². The number of hydrogen-bond donors (Lipinski definition) is 2. The average Bonchev–Trinajstić information content (AvgIpc) is 2.18. The van der Waals surface area contributed by atoms with E-state index in [4.69, 9.17) is 0 Å². The maximum Gasteiger partial charge on any atom is 0.0244 e. The third-order valence-corrected chi connectivity index (χ3v) is 3.54. The first kappa shape index (κ1) is 12.1. The van der Waals surface area contributed by atoms with Gasteiger partial charge in [0.2, 0.25) is 0 Å². The first-order valence-electron chi connectivity index (χ1n) is 5.50. The number of hydrogen-bond acceptors (Lipinski definition) is 3. The van der Waals surface area contributed by atoms with Gasteiger partial charge in [0.25, 0.3) is 0 Å². The van der Waals surface area contributed by atoms with Crippen LogP contribution in [-0.2, 0) is 10.8 Å². The molecule has 1 atom stereocenters. The lowest BCUT2D eigenvalue weighted by molar-refractivity contribution is 0.357. The zero-order valence-corrected chi connectivity index (χ0v) is 9.87. The molecule has 0 aliphatic carbocycles. The third-order valence-electron chi connectivity index (χ3n) is 2.68. The normalized spacial score (nSPS) is 20.9. The van der Waals surface area contributed by atoms with Gasteiger partial charge in [0, 0.05) is 22.8 Å². The van der Waals surface area contributed by atoms with Gasteiger partial charge in [-0.3, -0.25) is 4.21 Å². The zero-order valence-electron chi connectivity index (χ0n) is 9.05. The highest BCUT2D eigenvalue weighted by molar-refractivity contribution is 7.84.